The maximum absolute atomic E-state index is 12.2. The summed E-state index contributed by atoms with van der Waals surface area (Å²) in [5, 5.41) is 0. The summed E-state index contributed by atoms with van der Waals surface area (Å²) in [6.07, 6.45) is -2.63. The van der Waals surface area contributed by atoms with Gasteiger partial charge in [-0.25, -0.2) is 13.8 Å². The molecule has 4 heteroatoms. The Labute approximate surface area is 81.0 Å². The molecule has 0 spiro atoms. The molecule has 1 rings (SSSR count). The largest absolute Gasteiger partial charge is 0.292 e. The van der Waals surface area contributed by atoms with Crippen LogP contribution in [-0.2, 0) is 0 Å². The number of Topliss-reactive ketones (excluding diaryl/α,β-unsaturated/α-hetero) is 1. The number of ketones is 1. The molecule has 0 saturated heterocycles. The van der Waals surface area contributed by atoms with Crippen molar-refractivity contribution in [2.45, 2.75) is 20.3 Å². The standard InChI is InChI=1S/C10H11F2NO/c1-6(2)9(14)7-4-3-5-8(13-7)10(11)12/h3-6,10H,1-2H3. The molecule has 0 N–H and O–H groups in total. The lowest BCUT2D eigenvalue weighted by molar-refractivity contribution is 0.0932. The van der Waals surface area contributed by atoms with Crippen LogP contribution in [0.4, 0.5) is 8.78 Å². The van der Waals surface area contributed by atoms with Crippen LogP contribution in [0.3, 0.4) is 0 Å². The number of aromatic nitrogens is 1. The number of alkyl halides is 2. The third-order valence-electron chi connectivity index (χ3n) is 1.77. The van der Waals surface area contributed by atoms with Crippen molar-refractivity contribution in [1.82, 2.24) is 4.98 Å². The highest BCUT2D eigenvalue weighted by Crippen LogP contribution is 2.17. The van der Waals surface area contributed by atoms with Crippen LogP contribution in [0.1, 0.15) is 36.5 Å². The molecule has 0 aromatic carbocycles. The van der Waals surface area contributed by atoms with E-state index in [1.165, 1.54) is 18.2 Å². The summed E-state index contributed by atoms with van der Waals surface area (Å²) < 4.78 is 24.5. The molecule has 0 aliphatic carbocycles. The van der Waals surface area contributed by atoms with Gasteiger partial charge in [0.1, 0.15) is 11.4 Å². The molecule has 0 aliphatic rings. The van der Waals surface area contributed by atoms with E-state index in [2.05, 4.69) is 4.98 Å². The van der Waals surface area contributed by atoms with Gasteiger partial charge in [0.2, 0.25) is 0 Å². The second kappa shape index (κ2) is 4.26. The highest BCUT2D eigenvalue weighted by atomic mass is 19.3. The van der Waals surface area contributed by atoms with E-state index in [4.69, 9.17) is 0 Å². The van der Waals surface area contributed by atoms with Crippen molar-refractivity contribution in [2.75, 3.05) is 0 Å². The molecule has 1 aromatic heterocycles. The van der Waals surface area contributed by atoms with E-state index in [0.717, 1.165) is 0 Å². The number of pyridine rings is 1. The summed E-state index contributed by atoms with van der Waals surface area (Å²) in [5.74, 6) is -0.442. The first kappa shape index (κ1) is 10.8. The van der Waals surface area contributed by atoms with Gasteiger partial charge in [0.05, 0.1) is 0 Å². The average molecular weight is 199 g/mol. The lowest BCUT2D eigenvalue weighted by Gasteiger charge is -2.04. The predicted molar refractivity (Wildman–Crippen MR) is 48.4 cm³/mol. The van der Waals surface area contributed by atoms with Gasteiger partial charge in [0.25, 0.3) is 6.43 Å². The molecule has 76 valence electrons. The number of carbonyl (C=O) groups excluding carboxylic acids is 1. The Hall–Kier alpha value is -1.32. The Morgan fingerprint density at radius 1 is 1.36 bits per heavy atom. The summed E-state index contributed by atoms with van der Waals surface area (Å²) in [5.41, 5.74) is -0.241. The zero-order chi connectivity index (χ0) is 10.7. The number of halogens is 2. The van der Waals surface area contributed by atoms with Crippen molar-refractivity contribution >= 4 is 5.78 Å². The highest BCUT2D eigenvalue weighted by molar-refractivity contribution is 5.95. The van der Waals surface area contributed by atoms with Gasteiger partial charge in [-0.3, -0.25) is 4.79 Å². The lowest BCUT2D eigenvalue weighted by Crippen LogP contribution is -2.10. The van der Waals surface area contributed by atoms with E-state index in [9.17, 15) is 13.6 Å². The normalized spacial score (nSPS) is 11.0. The molecule has 2 nitrogen and oxygen atoms in total. The third-order valence-corrected chi connectivity index (χ3v) is 1.77. The minimum absolute atomic E-state index is 0.109. The Kier molecular flexibility index (Phi) is 3.28. The summed E-state index contributed by atoms with van der Waals surface area (Å²) in [6, 6.07) is 4.08. The van der Waals surface area contributed by atoms with Crippen molar-refractivity contribution in [2.24, 2.45) is 5.92 Å². The quantitative estimate of drug-likeness (QED) is 0.700. The van der Waals surface area contributed by atoms with E-state index in [0.29, 0.717) is 0 Å². The molecular formula is C10H11F2NO. The predicted octanol–water partition coefficient (Wildman–Crippen LogP) is 2.86. The van der Waals surface area contributed by atoms with E-state index in [1.807, 2.05) is 0 Å². The maximum atomic E-state index is 12.2. The number of rotatable bonds is 3. The fourth-order valence-corrected chi connectivity index (χ4v) is 1.01. The van der Waals surface area contributed by atoms with Crippen molar-refractivity contribution in [3.05, 3.63) is 29.6 Å². The fraction of sp³-hybridized carbons (Fsp3) is 0.400. The molecule has 14 heavy (non-hydrogen) atoms. The second-order valence-electron chi connectivity index (χ2n) is 3.27. The highest BCUT2D eigenvalue weighted by Gasteiger charge is 2.15. The molecule has 0 atom stereocenters. The van der Waals surface area contributed by atoms with Crippen LogP contribution >= 0.6 is 0 Å². The van der Waals surface area contributed by atoms with Crippen LogP contribution < -0.4 is 0 Å². The number of hydrogen-bond acceptors (Lipinski definition) is 2. The maximum Gasteiger partial charge on any atom is 0.280 e. The van der Waals surface area contributed by atoms with Gasteiger partial charge in [-0.2, -0.15) is 0 Å². The average Bonchev–Trinajstić information content (AvgIpc) is 2.16. The molecule has 0 radical (unpaired) electrons. The Balaban J connectivity index is 3.00. The monoisotopic (exact) mass is 199 g/mol. The van der Waals surface area contributed by atoms with Crippen molar-refractivity contribution in [1.29, 1.82) is 0 Å². The minimum Gasteiger partial charge on any atom is -0.292 e. The minimum atomic E-state index is -2.63. The zero-order valence-electron chi connectivity index (χ0n) is 8.00. The van der Waals surface area contributed by atoms with Gasteiger partial charge in [-0.15, -0.1) is 0 Å². The van der Waals surface area contributed by atoms with Gasteiger partial charge < -0.3 is 0 Å². The van der Waals surface area contributed by atoms with Gasteiger partial charge in [-0.05, 0) is 12.1 Å². The van der Waals surface area contributed by atoms with Crippen LogP contribution in [0.25, 0.3) is 0 Å². The molecular weight excluding hydrogens is 188 g/mol. The number of carbonyl (C=O) groups is 1. The van der Waals surface area contributed by atoms with Crippen LogP contribution in [0.15, 0.2) is 18.2 Å². The Morgan fingerprint density at radius 3 is 2.50 bits per heavy atom. The molecule has 0 fully saturated rings. The van der Waals surface area contributed by atoms with Gasteiger partial charge >= 0.3 is 0 Å². The summed E-state index contributed by atoms with van der Waals surface area (Å²) in [6.45, 7) is 3.41. The van der Waals surface area contributed by atoms with Crippen molar-refractivity contribution < 1.29 is 13.6 Å². The molecule has 0 amide bonds. The van der Waals surface area contributed by atoms with E-state index in [-0.39, 0.29) is 23.1 Å². The van der Waals surface area contributed by atoms with Crippen molar-refractivity contribution in [3.63, 3.8) is 0 Å². The topological polar surface area (TPSA) is 30.0 Å². The van der Waals surface area contributed by atoms with Gasteiger partial charge in [0, 0.05) is 5.92 Å². The van der Waals surface area contributed by atoms with Crippen LogP contribution in [-0.4, -0.2) is 10.8 Å². The third kappa shape index (κ3) is 2.34. The van der Waals surface area contributed by atoms with Crippen LogP contribution in [0.5, 0.6) is 0 Å². The first-order valence-corrected chi connectivity index (χ1v) is 4.31. The zero-order valence-corrected chi connectivity index (χ0v) is 8.00. The summed E-state index contributed by atoms with van der Waals surface area (Å²) in [4.78, 5) is 15.0. The number of nitrogens with zero attached hydrogens (tertiary/aromatic N) is 1. The van der Waals surface area contributed by atoms with Crippen LogP contribution in [0.2, 0.25) is 0 Å². The molecule has 0 unspecified atom stereocenters. The molecule has 0 saturated carbocycles. The summed E-state index contributed by atoms with van der Waals surface area (Å²) in [7, 11) is 0. The van der Waals surface area contributed by atoms with Crippen molar-refractivity contribution in [3.8, 4) is 0 Å². The summed E-state index contributed by atoms with van der Waals surface area (Å²) >= 11 is 0. The first-order chi connectivity index (χ1) is 6.52. The van der Waals surface area contributed by atoms with Gasteiger partial charge in [0.15, 0.2) is 5.78 Å². The molecule has 1 heterocycles. The first-order valence-electron chi connectivity index (χ1n) is 4.31. The second-order valence-corrected chi connectivity index (χ2v) is 3.27. The van der Waals surface area contributed by atoms with E-state index >= 15 is 0 Å². The molecule has 0 bridgehead atoms. The molecule has 1 aromatic rings. The Morgan fingerprint density at radius 2 is 2.00 bits per heavy atom. The Bertz CT molecular complexity index is 337. The molecule has 0 aliphatic heterocycles. The van der Waals surface area contributed by atoms with Gasteiger partial charge in [-0.1, -0.05) is 19.9 Å². The SMILES string of the molecule is CC(C)C(=O)c1cccc(C(F)F)n1. The fourth-order valence-electron chi connectivity index (χ4n) is 1.01. The lowest BCUT2D eigenvalue weighted by atomic mass is 10.1. The van der Waals surface area contributed by atoms with E-state index < -0.39 is 6.43 Å². The smallest absolute Gasteiger partial charge is 0.280 e. The van der Waals surface area contributed by atoms with Crippen LogP contribution in [0, 0.1) is 5.92 Å². The van der Waals surface area contributed by atoms with E-state index in [1.54, 1.807) is 13.8 Å². The number of hydrogen-bond donors (Lipinski definition) is 0.